The molecule has 20 rings (SSSR count). The lowest BCUT2D eigenvalue weighted by molar-refractivity contribution is -0.126. The van der Waals surface area contributed by atoms with E-state index in [9.17, 15) is 38.4 Å². The molecular formula is C89H117N15O12. The molecular weight excluding hydrogens is 1470 g/mol. The quantitative estimate of drug-likeness (QED) is 0.0215. The van der Waals surface area contributed by atoms with Crippen LogP contribution in [0.5, 0.6) is 0 Å². The van der Waals surface area contributed by atoms with E-state index in [-0.39, 0.29) is 95.0 Å². The number of benzene rings is 2. The van der Waals surface area contributed by atoms with E-state index in [0.717, 1.165) is 177 Å². The van der Waals surface area contributed by atoms with Crippen LogP contribution in [0.3, 0.4) is 0 Å². The van der Waals surface area contributed by atoms with Crippen LogP contribution in [0.1, 0.15) is 302 Å². The maximum atomic E-state index is 12.7. The Balaban J connectivity index is 0.000000111. The summed E-state index contributed by atoms with van der Waals surface area (Å²) in [4.78, 5) is 111. The summed E-state index contributed by atoms with van der Waals surface area (Å²) in [5, 5.41) is 37.9. The number of carbonyl (C=O) groups excluding carboxylic acids is 8. The Kier molecular flexibility index (Phi) is 25.0. The minimum absolute atomic E-state index is 0.0137. The molecule has 7 amide bonds. The van der Waals surface area contributed by atoms with Crippen molar-refractivity contribution in [2.24, 2.45) is 23.7 Å². The van der Waals surface area contributed by atoms with E-state index in [0.29, 0.717) is 114 Å². The third kappa shape index (κ3) is 21.3. The van der Waals surface area contributed by atoms with Gasteiger partial charge in [-0.1, -0.05) is 108 Å². The molecule has 4 aliphatic heterocycles. The minimum Gasteiger partial charge on any atom is -0.360 e. The van der Waals surface area contributed by atoms with Gasteiger partial charge in [0.25, 0.3) is 29.5 Å². The Hall–Kier alpha value is -8.92. The van der Waals surface area contributed by atoms with E-state index in [1.165, 1.54) is 77.0 Å². The highest BCUT2D eigenvalue weighted by molar-refractivity contribution is 5.97. The van der Waals surface area contributed by atoms with Crippen molar-refractivity contribution in [1.29, 1.82) is 0 Å². The zero-order chi connectivity index (χ0) is 79.2. The summed E-state index contributed by atoms with van der Waals surface area (Å²) < 4.78 is 21.3. The summed E-state index contributed by atoms with van der Waals surface area (Å²) in [7, 11) is 0. The number of likely N-dealkylation sites (tertiary alicyclic amines) is 4. The number of carbonyl (C=O) groups is 8. The molecule has 6 aromatic rings. The van der Waals surface area contributed by atoms with E-state index in [1.54, 1.807) is 24.3 Å². The Bertz CT molecular complexity index is 4370. The predicted molar refractivity (Wildman–Crippen MR) is 429 cm³/mol. The van der Waals surface area contributed by atoms with E-state index in [1.807, 2.05) is 60.7 Å². The molecule has 14 aliphatic rings. The molecule has 8 heterocycles. The summed E-state index contributed by atoms with van der Waals surface area (Å²) >= 11 is 0. The van der Waals surface area contributed by atoms with Gasteiger partial charge in [0.2, 0.25) is 11.8 Å². The first-order valence-electron chi connectivity index (χ1n) is 44.2. The second-order valence-corrected chi connectivity index (χ2v) is 36.1. The normalized spacial score (nSPS) is 26.4. The van der Waals surface area contributed by atoms with Crippen molar-refractivity contribution >= 4 is 47.1 Å². The standard InChI is InChI=1S/C23H27N3O3.C22H32N4O3.C22H26N4O3.C22H32N4O3/c27-21(15-4-2-1-3-5-15)11-10-19-12-17(14-26(19)18-8-9-18)24-23(28)20-13-22(29-25-20)16-6-7-16;2*27-21(15-4-2-1-3-5-15)23-11-16-12-26(17-8-9-17)13-19(16)24-22(28)18-10-20(29-25-18)14-6-7-14;27-21(15-4-2-1-3-5-15)23-12-18-10-16(13-26(18)17-8-9-17)24-22(28)19-11-20(29-25-19)14-6-7-14/h1-5,13,16-19H,6-12,14H2,(H,24,28);10,14-17,19H,1-9,11-13H2,(H,23,27)(H,24,28);1-5,10,14,16-17,19H,6-9,11-13H2,(H,23,27)(H,24,28);11,14-18H,1-10,12-13H2,(H,23,27)(H,24,28). The molecule has 10 saturated carbocycles. The van der Waals surface area contributed by atoms with Crippen molar-refractivity contribution in [1.82, 2.24) is 77.4 Å². The fourth-order valence-corrected chi connectivity index (χ4v) is 18.6. The highest BCUT2D eigenvalue weighted by Gasteiger charge is 2.47. The summed E-state index contributed by atoms with van der Waals surface area (Å²) in [6.07, 6.45) is 33.2. The van der Waals surface area contributed by atoms with Gasteiger partial charge < -0.3 is 55.3 Å². The molecule has 0 radical (unpaired) electrons. The second-order valence-electron chi connectivity index (χ2n) is 36.1. The van der Waals surface area contributed by atoms with Crippen LogP contribution < -0.4 is 37.2 Å². The number of aromatic nitrogens is 4. The molecule has 0 spiro atoms. The van der Waals surface area contributed by atoms with Gasteiger partial charge >= 0.3 is 0 Å². The average molecular weight is 1590 g/mol. The Labute approximate surface area is 678 Å². The lowest BCUT2D eigenvalue weighted by atomic mass is 9.88. The number of ketones is 1. The van der Waals surface area contributed by atoms with Gasteiger partial charge in [0, 0.05) is 208 Å². The smallest absolute Gasteiger partial charge is 0.273 e. The van der Waals surface area contributed by atoms with Crippen LogP contribution in [0.25, 0.3) is 0 Å². The average Bonchev–Trinajstić information content (AvgIpc) is 1.65. The number of amides is 7. The van der Waals surface area contributed by atoms with E-state index in [4.69, 9.17) is 18.1 Å². The highest BCUT2D eigenvalue weighted by atomic mass is 16.5. The van der Waals surface area contributed by atoms with Crippen LogP contribution in [0, 0.1) is 23.7 Å². The van der Waals surface area contributed by atoms with Crippen LogP contribution >= 0.6 is 0 Å². The number of hydrogen-bond acceptors (Lipinski definition) is 20. The molecule has 4 aromatic heterocycles. The number of hydrogen-bond donors (Lipinski definition) is 7. The lowest BCUT2D eigenvalue weighted by Gasteiger charge is -2.26. The first-order chi connectivity index (χ1) is 56.7. The van der Waals surface area contributed by atoms with Gasteiger partial charge in [-0.05, 0) is 160 Å². The molecule has 8 unspecified atom stereocenters. The Morgan fingerprint density at radius 3 is 1.11 bits per heavy atom. The van der Waals surface area contributed by atoms with Crippen molar-refractivity contribution in [3.8, 4) is 0 Å². The molecule has 0 bridgehead atoms. The molecule has 10 aliphatic carbocycles. The zero-order valence-corrected chi connectivity index (χ0v) is 67.0. The molecule has 7 N–H and O–H groups in total. The number of nitrogens with zero attached hydrogens (tertiary/aromatic N) is 8. The summed E-state index contributed by atoms with van der Waals surface area (Å²) in [6, 6.07) is 29.2. The first-order valence-corrected chi connectivity index (χ1v) is 44.2. The zero-order valence-electron chi connectivity index (χ0n) is 67.0. The Morgan fingerprint density at radius 2 is 0.716 bits per heavy atom. The summed E-state index contributed by atoms with van der Waals surface area (Å²) in [5.74, 6) is 5.78. The van der Waals surface area contributed by atoms with Crippen molar-refractivity contribution in [2.45, 2.75) is 277 Å². The fraction of sp³-hybridized carbons (Fsp3) is 0.640. The third-order valence-corrected chi connectivity index (χ3v) is 26.6. The minimum atomic E-state index is -0.192. The van der Waals surface area contributed by atoms with Crippen LogP contribution in [-0.2, 0) is 9.59 Å². The van der Waals surface area contributed by atoms with Gasteiger partial charge in [-0.25, -0.2) is 0 Å². The maximum absolute atomic E-state index is 12.7. The van der Waals surface area contributed by atoms with Gasteiger partial charge in [-0.2, -0.15) is 0 Å². The second kappa shape index (κ2) is 36.5. The van der Waals surface area contributed by atoms with E-state index in [2.05, 4.69) is 77.4 Å². The van der Waals surface area contributed by atoms with Gasteiger partial charge in [-0.15, -0.1) is 0 Å². The van der Waals surface area contributed by atoms with Gasteiger partial charge in [-0.3, -0.25) is 58.0 Å². The lowest BCUT2D eigenvalue weighted by Crippen LogP contribution is -2.45. The van der Waals surface area contributed by atoms with Gasteiger partial charge in [0.15, 0.2) is 28.6 Å². The molecule has 4 saturated heterocycles. The third-order valence-electron chi connectivity index (χ3n) is 26.6. The van der Waals surface area contributed by atoms with Crippen LogP contribution in [0.4, 0.5) is 0 Å². The predicted octanol–water partition coefficient (Wildman–Crippen LogP) is 10.7. The molecule has 27 nitrogen and oxygen atoms in total. The molecule has 27 heteroatoms. The van der Waals surface area contributed by atoms with Gasteiger partial charge in [0.1, 0.15) is 23.0 Å². The molecule has 2 aromatic carbocycles. The molecule has 14 fully saturated rings. The number of rotatable bonds is 29. The van der Waals surface area contributed by atoms with Crippen molar-refractivity contribution in [3.05, 3.63) is 142 Å². The van der Waals surface area contributed by atoms with Crippen LogP contribution in [0.2, 0.25) is 0 Å². The first kappa shape index (κ1) is 79.5. The van der Waals surface area contributed by atoms with Crippen molar-refractivity contribution in [2.75, 3.05) is 58.9 Å². The van der Waals surface area contributed by atoms with E-state index < -0.39 is 0 Å². The van der Waals surface area contributed by atoms with Crippen molar-refractivity contribution in [3.63, 3.8) is 0 Å². The van der Waals surface area contributed by atoms with Crippen LogP contribution in [0.15, 0.2) is 103 Å². The largest absolute Gasteiger partial charge is 0.360 e. The van der Waals surface area contributed by atoms with Gasteiger partial charge in [0.05, 0.1) is 0 Å². The maximum Gasteiger partial charge on any atom is 0.273 e. The monoisotopic (exact) mass is 1590 g/mol. The summed E-state index contributed by atoms with van der Waals surface area (Å²) in [5.41, 5.74) is 2.93. The topological polar surface area (TPSA) is 338 Å². The van der Waals surface area contributed by atoms with Crippen molar-refractivity contribution < 1.29 is 56.4 Å². The highest BCUT2D eigenvalue weighted by Crippen LogP contribution is 2.44. The van der Waals surface area contributed by atoms with E-state index >= 15 is 0 Å². The molecule has 8 atom stereocenters. The summed E-state index contributed by atoms with van der Waals surface area (Å²) in [6.45, 7) is 7.06. The Morgan fingerprint density at radius 1 is 0.353 bits per heavy atom. The molecule has 116 heavy (non-hydrogen) atoms. The van der Waals surface area contributed by atoms with Crippen LogP contribution in [-0.4, -0.2) is 207 Å². The fourth-order valence-electron chi connectivity index (χ4n) is 18.6. The number of nitrogens with one attached hydrogen (secondary N) is 7. The number of Topliss-reactive ketones (excluding diaryl/α,β-unsaturated/α-hetero) is 1. The molecule has 620 valence electrons. The SMILES string of the molecule is O=C(CCC1CC(NC(=O)c2cc(C3CC3)on2)CN1C1CC1)c1ccccc1.O=C(NC1CC(CNC(=O)C2CCCCC2)N(C2CC2)C1)c1cc(C2CC2)on1.O=C(NC1CN(C2CC2)CC1CNC(=O)C1CCCCC1)c1cc(C2CC2)on1.O=C(NCC1CN(C2CC2)CC1NC(=O)c1cc(C2CC2)on1)c1ccccc1.